The Labute approximate surface area is 470 Å². The van der Waals surface area contributed by atoms with E-state index < -0.39 is 86.8 Å². The zero-order valence-electron chi connectivity index (χ0n) is 49.5. The van der Waals surface area contributed by atoms with Crippen molar-refractivity contribution in [3.63, 3.8) is 0 Å². The molecule has 0 aromatic carbocycles. The van der Waals surface area contributed by atoms with Gasteiger partial charge in [-0.05, 0) is 12.8 Å². The van der Waals surface area contributed by atoms with E-state index in [1.54, 1.807) is 0 Å². The van der Waals surface area contributed by atoms with Gasteiger partial charge in [-0.1, -0.05) is 284 Å². The molecule has 0 spiro atoms. The predicted molar refractivity (Wildman–Crippen MR) is 309 cm³/mol. The van der Waals surface area contributed by atoms with Crippen molar-refractivity contribution in [1.82, 2.24) is 5.32 Å². The number of carbonyl (C=O) groups excluding carboxylic acids is 1. The van der Waals surface area contributed by atoms with Crippen LogP contribution < -0.4 is 5.32 Å². The van der Waals surface area contributed by atoms with Gasteiger partial charge in [-0.25, -0.2) is 0 Å². The molecule has 2 rings (SSSR count). The van der Waals surface area contributed by atoms with Gasteiger partial charge in [-0.15, -0.1) is 0 Å². The fourth-order valence-corrected chi connectivity index (χ4v) is 11.3. The molecule has 0 aromatic rings. The minimum Gasteiger partial charge on any atom is -0.394 e. The minimum atomic E-state index is -1.78. The third-order valence-corrected chi connectivity index (χ3v) is 16.6. The van der Waals surface area contributed by atoms with Gasteiger partial charge in [0.15, 0.2) is 12.6 Å². The summed E-state index contributed by atoms with van der Waals surface area (Å²) in [5.41, 5.74) is 0. The van der Waals surface area contributed by atoms with Gasteiger partial charge in [0, 0.05) is 6.42 Å². The first kappa shape index (κ1) is 72.1. The number of hydrogen-bond acceptors (Lipinski definition) is 13. The number of hydrogen-bond donors (Lipinski definition) is 9. The summed E-state index contributed by atoms with van der Waals surface area (Å²) in [6.07, 6.45) is 41.3. The lowest BCUT2D eigenvalue weighted by Gasteiger charge is -2.46. The SMILES string of the molecule is CCCCCCCCCCCCCCCCCCCCCCCCCCCCCCCCCCCCCCCCCC(=O)NC(COC1OC(CO)C(OC2OC(CO)C(O)C(O)C2O)C(O)C1O)C(O)CCCCCC. The van der Waals surface area contributed by atoms with Gasteiger partial charge >= 0.3 is 0 Å². The summed E-state index contributed by atoms with van der Waals surface area (Å²) in [6.45, 7) is 2.76. The van der Waals surface area contributed by atoms with Crippen LogP contribution in [-0.4, -0.2) is 140 Å². The van der Waals surface area contributed by atoms with Crippen molar-refractivity contribution in [2.75, 3.05) is 19.8 Å². The fourth-order valence-electron chi connectivity index (χ4n) is 11.3. The van der Waals surface area contributed by atoms with E-state index in [0.717, 1.165) is 51.4 Å². The number of rotatable bonds is 54. The van der Waals surface area contributed by atoms with Gasteiger partial charge in [-0.2, -0.15) is 0 Å². The highest BCUT2D eigenvalue weighted by atomic mass is 16.7. The quantitative estimate of drug-likeness (QED) is 0.0259. The smallest absolute Gasteiger partial charge is 0.220 e. The summed E-state index contributed by atoms with van der Waals surface area (Å²) in [4.78, 5) is 13.1. The van der Waals surface area contributed by atoms with Crippen LogP contribution in [0.1, 0.15) is 303 Å². The average Bonchev–Trinajstić information content (AvgIpc) is 3.43. The van der Waals surface area contributed by atoms with Gasteiger partial charge < -0.3 is 65.1 Å². The number of nitrogens with one attached hydrogen (secondary N) is 1. The zero-order chi connectivity index (χ0) is 56.0. The number of aliphatic hydroxyl groups is 8. The highest BCUT2D eigenvalue weighted by molar-refractivity contribution is 5.76. The van der Waals surface area contributed by atoms with Crippen LogP contribution in [0.2, 0.25) is 0 Å². The molecule has 77 heavy (non-hydrogen) atoms. The molecule has 14 heteroatoms. The largest absolute Gasteiger partial charge is 0.394 e. The minimum absolute atomic E-state index is 0.209. The Balaban J connectivity index is 1.42. The zero-order valence-corrected chi connectivity index (χ0v) is 49.5. The van der Waals surface area contributed by atoms with E-state index in [1.807, 2.05) is 0 Å². The van der Waals surface area contributed by atoms with Crippen molar-refractivity contribution >= 4 is 5.91 Å². The van der Waals surface area contributed by atoms with Gasteiger partial charge in [0.05, 0.1) is 32.0 Å². The molecule has 2 saturated heterocycles. The summed E-state index contributed by atoms with van der Waals surface area (Å²) in [7, 11) is 0. The summed E-state index contributed by atoms with van der Waals surface area (Å²) in [5.74, 6) is -0.209. The van der Waals surface area contributed by atoms with Crippen molar-refractivity contribution in [3.8, 4) is 0 Å². The Hall–Kier alpha value is -1.01. The van der Waals surface area contributed by atoms with E-state index in [-0.39, 0.29) is 12.5 Å². The maximum Gasteiger partial charge on any atom is 0.220 e. The van der Waals surface area contributed by atoms with Crippen LogP contribution in [0.25, 0.3) is 0 Å². The maximum absolute atomic E-state index is 13.1. The molecule has 2 aliphatic rings. The van der Waals surface area contributed by atoms with Crippen LogP contribution in [0.5, 0.6) is 0 Å². The van der Waals surface area contributed by atoms with Crippen molar-refractivity contribution in [2.24, 2.45) is 0 Å². The number of aliphatic hydroxyl groups excluding tert-OH is 8. The molecule has 2 fully saturated rings. The monoisotopic (exact) mass is 1100 g/mol. The molecule has 1 amide bonds. The standard InChI is InChI=1S/C63H123NO13/c1-3-5-7-9-10-11-12-13-14-15-16-17-18-19-20-21-22-23-24-25-26-27-28-29-30-31-32-33-34-35-36-37-38-39-40-41-42-43-45-47-55(68)64-51(52(67)46-44-8-6-4-2)50-74-62-60(73)58(71)61(54(49-66)76-62)77-63-59(72)57(70)56(69)53(48-65)75-63/h51-54,56-63,65-67,69-73H,3-50H2,1-2H3,(H,64,68). The number of ether oxygens (including phenoxy) is 4. The lowest BCUT2D eigenvalue weighted by atomic mass is 9.97. The van der Waals surface area contributed by atoms with E-state index in [9.17, 15) is 45.6 Å². The molecule has 0 saturated carbocycles. The van der Waals surface area contributed by atoms with Crippen LogP contribution >= 0.6 is 0 Å². The number of carbonyl (C=O) groups is 1. The average molecular weight is 1100 g/mol. The van der Waals surface area contributed by atoms with Crippen LogP contribution in [-0.2, 0) is 23.7 Å². The van der Waals surface area contributed by atoms with E-state index >= 15 is 0 Å². The molecule has 0 bridgehead atoms. The van der Waals surface area contributed by atoms with Crippen molar-refractivity contribution in [3.05, 3.63) is 0 Å². The summed E-state index contributed by atoms with van der Waals surface area (Å²) in [6, 6.07) is -0.819. The number of unbranched alkanes of at least 4 members (excludes halogenated alkanes) is 41. The molecule has 12 unspecified atom stereocenters. The van der Waals surface area contributed by atoms with E-state index in [4.69, 9.17) is 18.9 Å². The van der Waals surface area contributed by atoms with E-state index in [2.05, 4.69) is 19.2 Å². The van der Waals surface area contributed by atoms with E-state index in [1.165, 1.54) is 225 Å². The topological polar surface area (TPSA) is 228 Å². The predicted octanol–water partition coefficient (Wildman–Crippen LogP) is 12.1. The van der Waals surface area contributed by atoms with E-state index in [0.29, 0.717) is 12.8 Å². The van der Waals surface area contributed by atoms with Gasteiger partial charge in [0.25, 0.3) is 0 Å². The second kappa shape index (κ2) is 49.6. The molecule has 0 radical (unpaired) electrons. The fraction of sp³-hybridized carbons (Fsp3) is 0.984. The second-order valence-electron chi connectivity index (χ2n) is 23.6. The lowest BCUT2D eigenvalue weighted by Crippen LogP contribution is -2.65. The molecule has 9 N–H and O–H groups in total. The Kier molecular flexibility index (Phi) is 46.4. The molecule has 458 valence electrons. The summed E-state index contributed by atoms with van der Waals surface area (Å²) >= 11 is 0. The molecule has 0 aliphatic carbocycles. The first-order chi connectivity index (χ1) is 37.6. The Morgan fingerprint density at radius 1 is 0.416 bits per heavy atom. The number of amides is 1. The maximum atomic E-state index is 13.1. The lowest BCUT2D eigenvalue weighted by molar-refractivity contribution is -0.359. The second-order valence-corrected chi connectivity index (χ2v) is 23.6. The first-order valence-corrected chi connectivity index (χ1v) is 32.8. The Morgan fingerprint density at radius 2 is 0.740 bits per heavy atom. The molecule has 12 atom stereocenters. The summed E-state index contributed by atoms with van der Waals surface area (Å²) < 4.78 is 22.6. The molecular formula is C63H123NO13. The highest BCUT2D eigenvalue weighted by Crippen LogP contribution is 2.30. The van der Waals surface area contributed by atoms with Crippen molar-refractivity contribution in [2.45, 2.75) is 376 Å². The summed E-state index contributed by atoms with van der Waals surface area (Å²) in [5, 5.41) is 86.4. The molecule has 14 nitrogen and oxygen atoms in total. The molecule has 2 heterocycles. The van der Waals surface area contributed by atoms with Gasteiger partial charge in [-0.3, -0.25) is 4.79 Å². The van der Waals surface area contributed by atoms with Gasteiger partial charge in [0.1, 0.15) is 48.8 Å². The van der Waals surface area contributed by atoms with Crippen molar-refractivity contribution in [1.29, 1.82) is 0 Å². The van der Waals surface area contributed by atoms with Crippen LogP contribution in [0, 0.1) is 0 Å². The van der Waals surface area contributed by atoms with Crippen molar-refractivity contribution < 1.29 is 64.6 Å². The van der Waals surface area contributed by atoms with Crippen LogP contribution in [0.4, 0.5) is 0 Å². The van der Waals surface area contributed by atoms with Crippen LogP contribution in [0.3, 0.4) is 0 Å². The molecular weight excluding hydrogens is 979 g/mol. The third-order valence-electron chi connectivity index (χ3n) is 16.6. The molecule has 0 aromatic heterocycles. The Bertz CT molecular complexity index is 1300. The Morgan fingerprint density at radius 3 is 1.10 bits per heavy atom. The van der Waals surface area contributed by atoms with Crippen LogP contribution in [0.15, 0.2) is 0 Å². The first-order valence-electron chi connectivity index (χ1n) is 32.8. The third kappa shape index (κ3) is 34.9. The normalized spacial score (nSPS) is 24.6. The molecule has 2 aliphatic heterocycles. The highest BCUT2D eigenvalue weighted by Gasteiger charge is 2.51. The van der Waals surface area contributed by atoms with Gasteiger partial charge in [0.2, 0.25) is 5.91 Å².